The molecule has 0 aliphatic rings. The first-order chi connectivity index (χ1) is 10.5. The Balaban J connectivity index is 2.41. The second-order valence-electron chi connectivity index (χ2n) is 4.40. The average Bonchev–Trinajstić information content (AvgIpc) is 2.38. The summed E-state index contributed by atoms with van der Waals surface area (Å²) in [5.74, 6) is -3.48. The molecule has 0 atom stereocenters. The third-order valence-electron chi connectivity index (χ3n) is 2.66. The summed E-state index contributed by atoms with van der Waals surface area (Å²) in [6, 6.07) is 3.77. The Morgan fingerprint density at radius 1 is 0.826 bits per heavy atom. The third-order valence-corrected chi connectivity index (χ3v) is 4.92. The Kier molecular flexibility index (Phi) is 4.37. The molecule has 0 heterocycles. The molecule has 2 aromatic carbocycles. The van der Waals surface area contributed by atoms with Gasteiger partial charge in [-0.25, -0.2) is 35.1 Å². The molecule has 0 spiro atoms. The molecule has 0 amide bonds. The first kappa shape index (κ1) is 17.2. The SMILES string of the molecule is NS(=O)(=O)c1ccc(NS(=O)(=O)c2cc(F)cc(F)c2)c(F)c1. The van der Waals surface area contributed by atoms with Crippen LogP contribution in [0.2, 0.25) is 0 Å². The fourth-order valence-corrected chi connectivity index (χ4v) is 3.28. The molecule has 11 heteroatoms. The van der Waals surface area contributed by atoms with E-state index < -0.39 is 53.0 Å². The van der Waals surface area contributed by atoms with E-state index in [4.69, 9.17) is 5.14 Å². The standard InChI is InChI=1S/C12H9F3N2O4S2/c13-7-3-8(14)5-10(4-7)23(20,21)17-12-2-1-9(6-11(12)15)22(16,18)19/h1-6,17H,(H2,16,18,19). The molecule has 0 unspecified atom stereocenters. The lowest BCUT2D eigenvalue weighted by Crippen LogP contribution is -2.16. The third kappa shape index (κ3) is 4.00. The molecule has 2 aromatic rings. The highest BCUT2D eigenvalue weighted by Crippen LogP contribution is 2.22. The van der Waals surface area contributed by atoms with Crippen molar-refractivity contribution in [2.75, 3.05) is 4.72 Å². The minimum absolute atomic E-state index is 0.473. The van der Waals surface area contributed by atoms with E-state index in [2.05, 4.69) is 0 Å². The van der Waals surface area contributed by atoms with E-state index in [-0.39, 0.29) is 0 Å². The average molecular weight is 366 g/mol. The van der Waals surface area contributed by atoms with Crippen LogP contribution in [-0.2, 0) is 20.0 Å². The quantitative estimate of drug-likeness (QED) is 0.856. The number of sulfonamides is 2. The maximum atomic E-state index is 13.8. The number of primary sulfonamides is 1. The summed E-state index contributed by atoms with van der Waals surface area (Å²) < 4.78 is 87.8. The summed E-state index contributed by atoms with van der Waals surface area (Å²) >= 11 is 0. The predicted molar refractivity (Wildman–Crippen MR) is 74.9 cm³/mol. The van der Waals surface area contributed by atoms with Crippen LogP contribution in [0.25, 0.3) is 0 Å². The van der Waals surface area contributed by atoms with Gasteiger partial charge >= 0.3 is 0 Å². The molecule has 0 saturated carbocycles. The number of hydrogen-bond acceptors (Lipinski definition) is 4. The van der Waals surface area contributed by atoms with Crippen molar-refractivity contribution in [3.05, 3.63) is 53.8 Å². The van der Waals surface area contributed by atoms with Crippen molar-refractivity contribution < 1.29 is 30.0 Å². The number of hydrogen-bond donors (Lipinski definition) is 2. The van der Waals surface area contributed by atoms with Crippen LogP contribution in [0.3, 0.4) is 0 Å². The highest BCUT2D eigenvalue weighted by Gasteiger charge is 2.19. The van der Waals surface area contributed by atoms with Crippen molar-refractivity contribution in [2.45, 2.75) is 9.79 Å². The van der Waals surface area contributed by atoms with Gasteiger partial charge in [-0.15, -0.1) is 0 Å². The van der Waals surface area contributed by atoms with Gasteiger partial charge in [0.25, 0.3) is 10.0 Å². The second-order valence-corrected chi connectivity index (χ2v) is 7.64. The number of benzene rings is 2. The number of halogens is 3. The van der Waals surface area contributed by atoms with E-state index in [1.54, 1.807) is 4.72 Å². The molecule has 0 bridgehead atoms. The largest absolute Gasteiger partial charge is 0.277 e. The zero-order valence-corrected chi connectivity index (χ0v) is 12.8. The molecular weight excluding hydrogens is 357 g/mol. The Bertz CT molecular complexity index is 956. The van der Waals surface area contributed by atoms with E-state index >= 15 is 0 Å². The minimum Gasteiger partial charge on any atom is -0.277 e. The lowest BCUT2D eigenvalue weighted by molar-refractivity contribution is 0.568. The maximum Gasteiger partial charge on any atom is 0.262 e. The molecular formula is C12H9F3N2O4S2. The Morgan fingerprint density at radius 3 is 1.87 bits per heavy atom. The summed E-state index contributed by atoms with van der Waals surface area (Å²) in [5, 5.41) is 4.81. The first-order valence-corrected chi connectivity index (χ1v) is 8.83. The highest BCUT2D eigenvalue weighted by molar-refractivity contribution is 7.92. The number of nitrogens with two attached hydrogens (primary N) is 1. The van der Waals surface area contributed by atoms with Crippen LogP contribution in [0.1, 0.15) is 0 Å². The van der Waals surface area contributed by atoms with Gasteiger partial charge in [0.1, 0.15) is 17.5 Å². The van der Waals surface area contributed by atoms with Crippen LogP contribution in [-0.4, -0.2) is 16.8 Å². The molecule has 3 N–H and O–H groups in total. The molecule has 0 aliphatic heterocycles. The van der Waals surface area contributed by atoms with Crippen LogP contribution in [0.5, 0.6) is 0 Å². The molecule has 0 fully saturated rings. The molecule has 0 aromatic heterocycles. The van der Waals surface area contributed by atoms with Crippen molar-refractivity contribution in [3.63, 3.8) is 0 Å². The number of rotatable bonds is 4. The van der Waals surface area contributed by atoms with Gasteiger partial charge in [-0.1, -0.05) is 0 Å². The van der Waals surface area contributed by atoms with Crippen LogP contribution < -0.4 is 9.86 Å². The van der Waals surface area contributed by atoms with E-state index in [0.717, 1.165) is 12.1 Å². The van der Waals surface area contributed by atoms with Gasteiger partial charge in [0, 0.05) is 6.07 Å². The summed E-state index contributed by atoms with van der Waals surface area (Å²) in [7, 11) is -8.65. The zero-order chi connectivity index (χ0) is 17.4. The minimum atomic E-state index is -4.48. The topological polar surface area (TPSA) is 106 Å². The lowest BCUT2D eigenvalue weighted by atomic mass is 10.3. The summed E-state index contributed by atoms with van der Waals surface area (Å²) in [6.07, 6.45) is 0. The van der Waals surface area contributed by atoms with Gasteiger partial charge in [0.2, 0.25) is 10.0 Å². The smallest absolute Gasteiger partial charge is 0.262 e. The summed E-state index contributed by atoms with van der Waals surface area (Å²) in [6.45, 7) is 0. The Morgan fingerprint density at radius 2 is 1.39 bits per heavy atom. The monoisotopic (exact) mass is 366 g/mol. The van der Waals surface area contributed by atoms with Gasteiger partial charge < -0.3 is 0 Å². The van der Waals surface area contributed by atoms with E-state index in [0.29, 0.717) is 24.3 Å². The van der Waals surface area contributed by atoms with Crippen molar-refractivity contribution in [1.29, 1.82) is 0 Å². The molecule has 2 rings (SSSR count). The van der Waals surface area contributed by atoms with Gasteiger partial charge in [-0.2, -0.15) is 0 Å². The van der Waals surface area contributed by atoms with Crippen LogP contribution >= 0.6 is 0 Å². The van der Waals surface area contributed by atoms with E-state index in [1.807, 2.05) is 0 Å². The fourth-order valence-electron chi connectivity index (χ4n) is 1.64. The molecule has 23 heavy (non-hydrogen) atoms. The zero-order valence-electron chi connectivity index (χ0n) is 11.1. The van der Waals surface area contributed by atoms with Gasteiger partial charge in [0.15, 0.2) is 0 Å². The molecule has 124 valence electrons. The van der Waals surface area contributed by atoms with Crippen molar-refractivity contribution in [3.8, 4) is 0 Å². The van der Waals surface area contributed by atoms with Gasteiger partial charge in [0.05, 0.1) is 15.5 Å². The van der Waals surface area contributed by atoms with Crippen molar-refractivity contribution in [2.24, 2.45) is 5.14 Å². The van der Waals surface area contributed by atoms with E-state index in [9.17, 15) is 30.0 Å². The second kappa shape index (κ2) is 5.83. The number of anilines is 1. The summed E-state index contributed by atoms with van der Waals surface area (Å²) in [5.41, 5.74) is -0.609. The fraction of sp³-hybridized carbons (Fsp3) is 0. The maximum absolute atomic E-state index is 13.8. The van der Waals surface area contributed by atoms with Crippen LogP contribution in [0.15, 0.2) is 46.2 Å². The van der Waals surface area contributed by atoms with Crippen molar-refractivity contribution >= 4 is 25.7 Å². The molecule has 0 saturated heterocycles. The predicted octanol–water partition coefficient (Wildman–Crippen LogP) is 1.55. The lowest BCUT2D eigenvalue weighted by Gasteiger charge is -2.10. The molecule has 6 nitrogen and oxygen atoms in total. The van der Waals surface area contributed by atoms with Crippen molar-refractivity contribution in [1.82, 2.24) is 0 Å². The van der Waals surface area contributed by atoms with Crippen LogP contribution in [0.4, 0.5) is 18.9 Å². The molecule has 0 radical (unpaired) electrons. The van der Waals surface area contributed by atoms with Gasteiger partial charge in [-0.05, 0) is 30.3 Å². The Labute approximate surface area is 129 Å². The number of nitrogens with one attached hydrogen (secondary N) is 1. The molecule has 0 aliphatic carbocycles. The summed E-state index contributed by atoms with van der Waals surface area (Å²) in [4.78, 5) is -1.32. The highest BCUT2D eigenvalue weighted by atomic mass is 32.2. The van der Waals surface area contributed by atoms with Gasteiger partial charge in [-0.3, -0.25) is 4.72 Å². The Hall–Kier alpha value is -2.11. The van der Waals surface area contributed by atoms with Crippen LogP contribution in [0, 0.1) is 17.5 Å². The first-order valence-electron chi connectivity index (χ1n) is 5.80. The normalized spacial score (nSPS) is 12.2. The van der Waals surface area contributed by atoms with E-state index in [1.165, 1.54) is 0 Å².